The molecule has 0 saturated heterocycles. The second-order valence-electron chi connectivity index (χ2n) is 3.18. The Bertz CT molecular complexity index is 84.7. The van der Waals surface area contributed by atoms with Crippen LogP contribution in [0.25, 0.3) is 0 Å². The van der Waals surface area contributed by atoms with Crippen molar-refractivity contribution in [2.24, 2.45) is 5.92 Å². The third-order valence-electron chi connectivity index (χ3n) is 2.45. The fourth-order valence-electron chi connectivity index (χ4n) is 1.67. The van der Waals surface area contributed by atoms with Gasteiger partial charge in [-0.3, -0.25) is 0 Å². The van der Waals surface area contributed by atoms with Gasteiger partial charge in [0, 0.05) is 0 Å². The highest BCUT2D eigenvalue weighted by Crippen LogP contribution is 2.26. The van der Waals surface area contributed by atoms with Gasteiger partial charge in [-0.1, -0.05) is 6.92 Å². The average Bonchev–Trinajstić information content (AvgIpc) is 2.05. The molecule has 1 atom stereocenters. The van der Waals surface area contributed by atoms with Crippen molar-refractivity contribution < 1.29 is 5.11 Å². The van der Waals surface area contributed by atoms with E-state index in [1.54, 1.807) is 0 Å². The Morgan fingerprint density at radius 2 is 2.10 bits per heavy atom. The van der Waals surface area contributed by atoms with E-state index in [2.05, 4.69) is 13.3 Å². The largest absolute Gasteiger partial charge is 0.393 e. The molecular weight excluding hydrogens is 124 g/mol. The first-order valence-corrected chi connectivity index (χ1v) is 4.34. The normalized spacial score (nSPS) is 24.6. The third-order valence-corrected chi connectivity index (χ3v) is 2.45. The van der Waals surface area contributed by atoms with Gasteiger partial charge in [0.1, 0.15) is 0 Å². The molecule has 0 aliphatic heterocycles. The molecule has 0 bridgehead atoms. The van der Waals surface area contributed by atoms with E-state index in [4.69, 9.17) is 0 Å². The summed E-state index contributed by atoms with van der Waals surface area (Å²) in [4.78, 5) is 0. The maximum absolute atomic E-state index is 9.47. The van der Waals surface area contributed by atoms with Gasteiger partial charge in [-0.2, -0.15) is 0 Å². The van der Waals surface area contributed by atoms with Gasteiger partial charge in [0.15, 0.2) is 0 Å². The number of hydrogen-bond acceptors (Lipinski definition) is 1. The molecule has 1 saturated carbocycles. The van der Waals surface area contributed by atoms with E-state index >= 15 is 0 Å². The summed E-state index contributed by atoms with van der Waals surface area (Å²) in [5.41, 5.74) is 0. The molecule has 1 rings (SSSR count). The molecule has 10 heavy (non-hydrogen) atoms. The lowest BCUT2D eigenvalue weighted by molar-refractivity contribution is 0.0876. The smallest absolute Gasteiger partial charge is 0.0565 e. The molecule has 1 radical (unpaired) electrons. The summed E-state index contributed by atoms with van der Waals surface area (Å²) >= 11 is 0. The van der Waals surface area contributed by atoms with E-state index < -0.39 is 0 Å². The second-order valence-corrected chi connectivity index (χ2v) is 3.18. The summed E-state index contributed by atoms with van der Waals surface area (Å²) in [5.74, 6) is 0.593. The highest BCUT2D eigenvalue weighted by atomic mass is 16.3. The fraction of sp³-hybridized carbons (Fsp3) is 0.889. The molecule has 0 aromatic carbocycles. The lowest BCUT2D eigenvalue weighted by atomic mass is 9.84. The molecule has 1 N–H and O–H groups in total. The standard InChI is InChI=1S/C9H17O/c1-2-9(10)8-6-4-3-5-7-8/h3,8-10H,2,4-7H2,1H3. The summed E-state index contributed by atoms with van der Waals surface area (Å²) in [5, 5.41) is 9.47. The van der Waals surface area contributed by atoms with Crippen LogP contribution in [0.5, 0.6) is 0 Å². The Hall–Kier alpha value is -0.0400. The molecule has 0 aromatic rings. The van der Waals surface area contributed by atoms with Gasteiger partial charge in [-0.05, 0) is 44.4 Å². The minimum atomic E-state index is -0.0336. The molecule has 0 spiro atoms. The number of rotatable bonds is 2. The van der Waals surface area contributed by atoms with E-state index in [-0.39, 0.29) is 6.10 Å². The van der Waals surface area contributed by atoms with Gasteiger partial charge < -0.3 is 5.11 Å². The Morgan fingerprint density at radius 3 is 2.60 bits per heavy atom. The SMILES string of the molecule is CCC(O)C1CC[CH]CC1. The lowest BCUT2D eigenvalue weighted by Gasteiger charge is -2.25. The summed E-state index contributed by atoms with van der Waals surface area (Å²) in [6.45, 7) is 2.06. The summed E-state index contributed by atoms with van der Waals surface area (Å²) < 4.78 is 0. The highest BCUT2D eigenvalue weighted by molar-refractivity contribution is 4.79. The predicted molar refractivity (Wildman–Crippen MR) is 42.6 cm³/mol. The average molecular weight is 141 g/mol. The highest BCUT2D eigenvalue weighted by Gasteiger charge is 2.19. The Balaban J connectivity index is 2.24. The van der Waals surface area contributed by atoms with Crippen LogP contribution in [0.15, 0.2) is 0 Å². The lowest BCUT2D eigenvalue weighted by Crippen LogP contribution is -2.21. The Morgan fingerprint density at radius 1 is 1.50 bits per heavy atom. The van der Waals surface area contributed by atoms with Crippen LogP contribution in [-0.2, 0) is 0 Å². The van der Waals surface area contributed by atoms with Gasteiger partial charge in [0.25, 0.3) is 0 Å². The second kappa shape index (κ2) is 3.97. The molecule has 0 aromatic heterocycles. The molecule has 59 valence electrons. The first-order valence-electron chi connectivity index (χ1n) is 4.34. The quantitative estimate of drug-likeness (QED) is 0.624. The minimum absolute atomic E-state index is 0.0336. The number of aliphatic hydroxyl groups is 1. The van der Waals surface area contributed by atoms with Crippen LogP contribution in [0.3, 0.4) is 0 Å². The van der Waals surface area contributed by atoms with Crippen molar-refractivity contribution in [2.45, 2.75) is 45.1 Å². The zero-order valence-electron chi connectivity index (χ0n) is 6.71. The van der Waals surface area contributed by atoms with Gasteiger partial charge >= 0.3 is 0 Å². The molecule has 1 nitrogen and oxygen atoms in total. The first-order chi connectivity index (χ1) is 4.84. The molecule has 1 heteroatoms. The van der Waals surface area contributed by atoms with Crippen molar-refractivity contribution in [1.82, 2.24) is 0 Å². The van der Waals surface area contributed by atoms with Crippen LogP contribution in [-0.4, -0.2) is 11.2 Å². The van der Waals surface area contributed by atoms with Crippen molar-refractivity contribution in [3.05, 3.63) is 6.42 Å². The zero-order valence-corrected chi connectivity index (χ0v) is 6.71. The molecule has 0 heterocycles. The molecule has 1 unspecified atom stereocenters. The third kappa shape index (κ3) is 1.98. The molecule has 1 aliphatic carbocycles. The van der Waals surface area contributed by atoms with Crippen molar-refractivity contribution >= 4 is 0 Å². The minimum Gasteiger partial charge on any atom is -0.393 e. The molecule has 1 fully saturated rings. The maximum atomic E-state index is 9.47. The topological polar surface area (TPSA) is 20.2 Å². The van der Waals surface area contributed by atoms with Crippen LogP contribution in [0.1, 0.15) is 39.0 Å². The van der Waals surface area contributed by atoms with E-state index in [0.717, 1.165) is 6.42 Å². The fourth-order valence-corrected chi connectivity index (χ4v) is 1.67. The van der Waals surface area contributed by atoms with Gasteiger partial charge in [-0.15, -0.1) is 0 Å². The Labute approximate surface area is 63.4 Å². The summed E-state index contributed by atoms with van der Waals surface area (Å²) in [7, 11) is 0. The summed E-state index contributed by atoms with van der Waals surface area (Å²) in [6.07, 6.45) is 8.05. The van der Waals surface area contributed by atoms with Gasteiger partial charge in [0.05, 0.1) is 6.10 Å². The maximum Gasteiger partial charge on any atom is 0.0565 e. The van der Waals surface area contributed by atoms with Crippen molar-refractivity contribution in [3.8, 4) is 0 Å². The molecule has 1 aliphatic rings. The van der Waals surface area contributed by atoms with Crippen LogP contribution >= 0.6 is 0 Å². The zero-order chi connectivity index (χ0) is 7.40. The predicted octanol–water partition coefficient (Wildman–Crippen LogP) is 2.15. The van der Waals surface area contributed by atoms with E-state index in [0.29, 0.717) is 5.92 Å². The van der Waals surface area contributed by atoms with Gasteiger partial charge in [-0.25, -0.2) is 0 Å². The monoisotopic (exact) mass is 141 g/mol. The van der Waals surface area contributed by atoms with Crippen molar-refractivity contribution in [2.75, 3.05) is 0 Å². The van der Waals surface area contributed by atoms with Crippen LogP contribution < -0.4 is 0 Å². The van der Waals surface area contributed by atoms with E-state index in [1.807, 2.05) is 0 Å². The molecule has 0 amide bonds. The molecular formula is C9H17O. The van der Waals surface area contributed by atoms with Crippen molar-refractivity contribution in [3.63, 3.8) is 0 Å². The number of aliphatic hydroxyl groups excluding tert-OH is 1. The number of hydrogen-bond donors (Lipinski definition) is 1. The van der Waals surface area contributed by atoms with Gasteiger partial charge in [0.2, 0.25) is 0 Å². The van der Waals surface area contributed by atoms with Crippen LogP contribution in [0.2, 0.25) is 0 Å². The van der Waals surface area contributed by atoms with E-state index in [9.17, 15) is 5.11 Å². The van der Waals surface area contributed by atoms with Crippen molar-refractivity contribution in [1.29, 1.82) is 0 Å². The first kappa shape index (κ1) is 8.06. The van der Waals surface area contributed by atoms with Crippen LogP contribution in [0, 0.1) is 12.3 Å². The summed E-state index contributed by atoms with van der Waals surface area (Å²) in [6, 6.07) is 0. The Kier molecular flexibility index (Phi) is 3.20. The van der Waals surface area contributed by atoms with Crippen LogP contribution in [0.4, 0.5) is 0 Å². The van der Waals surface area contributed by atoms with E-state index in [1.165, 1.54) is 25.7 Å².